The molecule has 4 atom stereocenters. The summed E-state index contributed by atoms with van der Waals surface area (Å²) in [7, 11) is 0. The van der Waals surface area contributed by atoms with E-state index in [1.165, 1.54) is 11.0 Å². The maximum Gasteiger partial charge on any atom is 0.247 e. The van der Waals surface area contributed by atoms with Gasteiger partial charge in [-0.15, -0.1) is 10.2 Å². The average Bonchev–Trinajstić information content (AvgIpc) is 3.39. The van der Waals surface area contributed by atoms with Crippen LogP contribution in [0.25, 0.3) is 22.5 Å². The minimum absolute atomic E-state index is 0.220. The maximum atomic E-state index is 13.6. The summed E-state index contributed by atoms with van der Waals surface area (Å²) < 4.78 is 0. The van der Waals surface area contributed by atoms with Gasteiger partial charge < -0.3 is 4.90 Å². The summed E-state index contributed by atoms with van der Waals surface area (Å²) in [6.07, 6.45) is 3.17. The quantitative estimate of drug-likeness (QED) is 0.395. The number of benzene rings is 3. The zero-order chi connectivity index (χ0) is 25.8. The summed E-state index contributed by atoms with van der Waals surface area (Å²) in [5.74, 6) is -2.27. The second kappa shape index (κ2) is 8.55. The number of aromatic nitrogens is 3. The molecular weight excluding hydrogens is 478 g/mol. The van der Waals surface area contributed by atoms with E-state index in [2.05, 4.69) is 10.2 Å². The predicted molar refractivity (Wildman–Crippen MR) is 141 cm³/mol. The first-order valence-electron chi connectivity index (χ1n) is 12.4. The minimum atomic E-state index is -0.881. The van der Waals surface area contributed by atoms with Crippen molar-refractivity contribution < 1.29 is 14.4 Å². The van der Waals surface area contributed by atoms with Gasteiger partial charge in [0.05, 0.1) is 23.6 Å². The molecule has 2 bridgehead atoms. The van der Waals surface area contributed by atoms with Crippen LogP contribution in [0, 0.1) is 11.8 Å². The summed E-state index contributed by atoms with van der Waals surface area (Å²) in [6, 6.07) is 26.7. The minimum Gasteiger partial charge on any atom is -0.321 e. The topological polar surface area (TPSA) is 96.4 Å². The van der Waals surface area contributed by atoms with E-state index >= 15 is 0 Å². The van der Waals surface area contributed by atoms with Crippen LogP contribution in [0.3, 0.4) is 0 Å². The van der Waals surface area contributed by atoms with Gasteiger partial charge in [0, 0.05) is 11.1 Å². The highest BCUT2D eigenvalue weighted by molar-refractivity contribution is 6.25. The van der Waals surface area contributed by atoms with Crippen LogP contribution in [0.2, 0.25) is 0 Å². The molecule has 8 heteroatoms. The predicted octanol–water partition coefficient (Wildman–Crippen LogP) is 3.71. The van der Waals surface area contributed by atoms with Crippen molar-refractivity contribution >= 4 is 29.2 Å². The van der Waals surface area contributed by atoms with Crippen LogP contribution in [0.1, 0.15) is 0 Å². The molecule has 3 aliphatic rings. The van der Waals surface area contributed by atoms with Crippen LogP contribution in [-0.2, 0) is 14.4 Å². The van der Waals surface area contributed by atoms with Crippen molar-refractivity contribution in [3.63, 3.8) is 0 Å². The molecule has 2 amide bonds. The van der Waals surface area contributed by atoms with E-state index < -0.39 is 23.9 Å². The molecule has 4 aromatic rings. The lowest BCUT2D eigenvalue weighted by atomic mass is 9.90. The number of amides is 2. The molecule has 3 aromatic carbocycles. The van der Waals surface area contributed by atoms with E-state index in [1.54, 1.807) is 35.2 Å². The third kappa shape index (κ3) is 3.23. The monoisotopic (exact) mass is 499 g/mol. The van der Waals surface area contributed by atoms with Crippen molar-refractivity contribution in [2.75, 3.05) is 9.80 Å². The number of para-hydroxylation sites is 1. The molecular formula is C30H21N5O3. The van der Waals surface area contributed by atoms with Gasteiger partial charge in [-0.2, -0.15) is 0 Å². The SMILES string of the molecule is O=C1C=CC2C3C(=O)N(c4ccccc4)C(=O)C3C1N2c1nnc(-c2ccccc2)c(-c2ccccc2)n1. The normalized spacial score (nSPS) is 23.7. The highest BCUT2D eigenvalue weighted by Gasteiger charge is 2.65. The molecule has 184 valence electrons. The van der Waals surface area contributed by atoms with E-state index in [4.69, 9.17) is 4.98 Å². The molecule has 0 saturated carbocycles. The maximum absolute atomic E-state index is 13.6. The van der Waals surface area contributed by atoms with Gasteiger partial charge in [0.2, 0.25) is 17.8 Å². The third-order valence-corrected chi connectivity index (χ3v) is 7.49. The Kier molecular flexibility index (Phi) is 5.00. The standard InChI is InChI=1S/C30H21N5O3/c36-22-17-16-21-23-24(29(38)34(28(23)37)20-14-8-3-9-15-20)27(22)35(21)30-31-25(18-10-4-1-5-11-18)26(32-33-30)19-12-6-2-7-13-19/h1-17,21,23-24,27H. The second-order valence-electron chi connectivity index (χ2n) is 9.54. The number of imide groups is 1. The fraction of sp³-hybridized carbons (Fsp3) is 0.133. The Labute approximate surface area is 218 Å². The Hall–Kier alpha value is -4.98. The lowest BCUT2D eigenvalue weighted by molar-refractivity contribution is -0.125. The summed E-state index contributed by atoms with van der Waals surface area (Å²) in [6.45, 7) is 0. The number of hydrogen-bond acceptors (Lipinski definition) is 7. The highest BCUT2D eigenvalue weighted by Crippen LogP contribution is 2.48. The van der Waals surface area contributed by atoms with Crippen molar-refractivity contribution in [2.45, 2.75) is 12.1 Å². The van der Waals surface area contributed by atoms with Gasteiger partial charge in [-0.1, -0.05) is 84.9 Å². The Bertz CT molecular complexity index is 1610. The van der Waals surface area contributed by atoms with Crippen LogP contribution < -0.4 is 9.80 Å². The zero-order valence-electron chi connectivity index (χ0n) is 20.1. The van der Waals surface area contributed by atoms with E-state index in [0.29, 0.717) is 17.1 Å². The van der Waals surface area contributed by atoms with Gasteiger partial charge in [-0.3, -0.25) is 14.4 Å². The van der Waals surface area contributed by atoms with Gasteiger partial charge in [0.25, 0.3) is 0 Å². The second-order valence-corrected chi connectivity index (χ2v) is 9.54. The lowest BCUT2D eigenvalue weighted by Gasteiger charge is -2.33. The van der Waals surface area contributed by atoms with E-state index in [0.717, 1.165) is 11.1 Å². The van der Waals surface area contributed by atoms with Crippen LogP contribution >= 0.6 is 0 Å². The van der Waals surface area contributed by atoms with Gasteiger partial charge in [0.15, 0.2) is 5.78 Å². The first-order chi connectivity index (χ1) is 18.6. The van der Waals surface area contributed by atoms with Crippen molar-refractivity contribution in [1.29, 1.82) is 0 Å². The van der Waals surface area contributed by atoms with Gasteiger partial charge >= 0.3 is 0 Å². The number of nitrogens with zero attached hydrogens (tertiary/aromatic N) is 5. The fourth-order valence-electron chi connectivity index (χ4n) is 5.86. The smallest absolute Gasteiger partial charge is 0.247 e. The first-order valence-corrected chi connectivity index (χ1v) is 12.4. The average molecular weight is 500 g/mol. The number of ketones is 1. The highest BCUT2D eigenvalue weighted by atomic mass is 16.2. The number of hydrogen-bond donors (Lipinski definition) is 0. The summed E-state index contributed by atoms with van der Waals surface area (Å²) in [4.78, 5) is 48.3. The molecule has 3 aliphatic heterocycles. The van der Waals surface area contributed by atoms with Gasteiger partial charge in [0.1, 0.15) is 17.4 Å². The van der Waals surface area contributed by atoms with Crippen LogP contribution in [0.15, 0.2) is 103 Å². The van der Waals surface area contributed by atoms with Crippen molar-refractivity contribution in [1.82, 2.24) is 15.2 Å². The Morgan fingerprint density at radius 1 is 0.632 bits per heavy atom. The molecule has 0 spiro atoms. The van der Waals surface area contributed by atoms with Crippen LogP contribution in [0.4, 0.5) is 11.6 Å². The number of rotatable bonds is 4. The molecule has 0 radical (unpaired) electrons. The molecule has 7 rings (SSSR count). The molecule has 38 heavy (non-hydrogen) atoms. The molecule has 2 saturated heterocycles. The summed E-state index contributed by atoms with van der Waals surface area (Å²) in [5.41, 5.74) is 3.42. The molecule has 4 heterocycles. The van der Waals surface area contributed by atoms with E-state index in [9.17, 15) is 14.4 Å². The Morgan fingerprint density at radius 2 is 1.21 bits per heavy atom. The summed E-state index contributed by atoms with van der Waals surface area (Å²) >= 11 is 0. The molecule has 8 nitrogen and oxygen atoms in total. The van der Waals surface area contributed by atoms with Crippen LogP contribution in [-0.4, -0.2) is 44.9 Å². The van der Waals surface area contributed by atoms with Gasteiger partial charge in [-0.05, 0) is 18.2 Å². The lowest BCUT2D eigenvalue weighted by Crippen LogP contribution is -2.50. The molecule has 1 aromatic heterocycles. The Morgan fingerprint density at radius 3 is 1.87 bits per heavy atom. The fourth-order valence-corrected chi connectivity index (χ4v) is 5.86. The first kappa shape index (κ1) is 22.2. The van der Waals surface area contributed by atoms with Crippen LogP contribution in [0.5, 0.6) is 0 Å². The number of carbonyl (C=O) groups excluding carboxylic acids is 3. The Balaban J connectivity index is 1.34. The number of carbonyl (C=O) groups is 3. The molecule has 0 N–H and O–H groups in total. The molecule has 2 fully saturated rings. The van der Waals surface area contributed by atoms with Crippen molar-refractivity contribution in [2.24, 2.45) is 11.8 Å². The van der Waals surface area contributed by atoms with Gasteiger partial charge in [-0.25, -0.2) is 9.88 Å². The van der Waals surface area contributed by atoms with Crippen molar-refractivity contribution in [3.05, 3.63) is 103 Å². The summed E-state index contributed by atoms with van der Waals surface area (Å²) in [5, 5.41) is 8.98. The van der Waals surface area contributed by atoms with E-state index in [1.807, 2.05) is 66.7 Å². The van der Waals surface area contributed by atoms with Crippen molar-refractivity contribution in [3.8, 4) is 22.5 Å². The molecule has 4 unspecified atom stereocenters. The number of anilines is 2. The largest absolute Gasteiger partial charge is 0.321 e. The third-order valence-electron chi connectivity index (χ3n) is 7.49. The number of fused-ring (bicyclic) bond motifs is 5. The molecule has 0 aliphatic carbocycles. The van der Waals surface area contributed by atoms with E-state index in [-0.39, 0.29) is 23.5 Å². The zero-order valence-corrected chi connectivity index (χ0v) is 20.1.